The van der Waals surface area contributed by atoms with E-state index in [0.29, 0.717) is 5.69 Å². The highest BCUT2D eigenvalue weighted by atomic mass is 16.1. The molecule has 0 spiro atoms. The Morgan fingerprint density at radius 2 is 1.71 bits per heavy atom. The van der Waals surface area contributed by atoms with Crippen molar-refractivity contribution in [2.24, 2.45) is 0 Å². The summed E-state index contributed by atoms with van der Waals surface area (Å²) in [6.45, 7) is 4.19. The van der Waals surface area contributed by atoms with E-state index in [1.807, 2.05) is 36.4 Å². The molecule has 0 unspecified atom stereocenters. The maximum Gasteiger partial charge on any atom is 0.248 e. The Hall–Kier alpha value is -3.25. The number of fused-ring (bicyclic) bond motifs is 1. The molecule has 3 aromatic rings. The number of benzene rings is 2. The molecule has 142 valence electrons. The lowest BCUT2D eigenvalue weighted by Crippen LogP contribution is -2.44. The molecule has 0 atom stereocenters. The first-order chi connectivity index (χ1) is 13.7. The van der Waals surface area contributed by atoms with Crippen molar-refractivity contribution in [2.45, 2.75) is 0 Å². The molecule has 1 aromatic heterocycles. The van der Waals surface area contributed by atoms with E-state index in [9.17, 15) is 4.79 Å². The maximum atomic E-state index is 12.2. The van der Waals surface area contributed by atoms with E-state index in [2.05, 4.69) is 44.3 Å². The lowest BCUT2D eigenvalue weighted by molar-refractivity contribution is -0.111. The van der Waals surface area contributed by atoms with Gasteiger partial charge in [0.05, 0.1) is 22.9 Å². The molecule has 0 aliphatic carbocycles. The number of aromatic nitrogens is 2. The number of amides is 1. The van der Waals surface area contributed by atoms with Crippen LogP contribution in [0.1, 0.15) is 5.69 Å². The molecular formula is C22H23N5O. The minimum Gasteiger partial charge on any atom is -0.369 e. The Morgan fingerprint density at radius 1 is 1.00 bits per heavy atom. The average Bonchev–Trinajstić information content (AvgIpc) is 2.73. The highest BCUT2D eigenvalue weighted by molar-refractivity contribution is 6.01. The van der Waals surface area contributed by atoms with Gasteiger partial charge in [-0.1, -0.05) is 12.1 Å². The predicted octanol–water partition coefficient (Wildman–Crippen LogP) is 3.03. The second-order valence-electron chi connectivity index (χ2n) is 6.94. The summed E-state index contributed by atoms with van der Waals surface area (Å²) in [6.07, 6.45) is 4.82. The quantitative estimate of drug-likeness (QED) is 0.713. The first-order valence-electron chi connectivity index (χ1n) is 9.42. The molecule has 0 saturated carbocycles. The molecule has 6 nitrogen and oxygen atoms in total. The van der Waals surface area contributed by atoms with Crippen LogP contribution >= 0.6 is 0 Å². The first-order valence-corrected chi connectivity index (χ1v) is 9.42. The highest BCUT2D eigenvalue weighted by Crippen LogP contribution is 2.19. The van der Waals surface area contributed by atoms with Gasteiger partial charge in [-0.2, -0.15) is 0 Å². The second kappa shape index (κ2) is 8.19. The average molecular weight is 373 g/mol. The summed E-state index contributed by atoms with van der Waals surface area (Å²) >= 11 is 0. The van der Waals surface area contributed by atoms with Crippen molar-refractivity contribution in [3.8, 4) is 0 Å². The van der Waals surface area contributed by atoms with Gasteiger partial charge >= 0.3 is 0 Å². The standard InChI is InChI=1S/C22H23N5O/c1-26-12-14-27(15-13-26)19-9-6-17(7-10-19)25-22(28)11-8-18-16-23-20-4-2-3-5-21(20)24-18/h2-11,16H,12-15H2,1H3,(H,25,28). The second-order valence-corrected chi connectivity index (χ2v) is 6.94. The number of hydrogen-bond donors (Lipinski definition) is 1. The summed E-state index contributed by atoms with van der Waals surface area (Å²) in [5, 5.41) is 2.89. The Bertz CT molecular complexity index is 991. The number of para-hydroxylation sites is 2. The van der Waals surface area contributed by atoms with Crippen molar-refractivity contribution in [1.82, 2.24) is 14.9 Å². The van der Waals surface area contributed by atoms with Crippen LogP contribution < -0.4 is 10.2 Å². The van der Waals surface area contributed by atoms with Crippen LogP contribution in [0.25, 0.3) is 17.1 Å². The predicted molar refractivity (Wildman–Crippen MR) is 113 cm³/mol. The summed E-state index contributed by atoms with van der Waals surface area (Å²) in [4.78, 5) is 25.7. The van der Waals surface area contributed by atoms with Crippen LogP contribution in [0.15, 0.2) is 60.8 Å². The Labute approximate surface area is 164 Å². The Kier molecular flexibility index (Phi) is 5.30. The van der Waals surface area contributed by atoms with Crippen LogP contribution in [0.4, 0.5) is 11.4 Å². The van der Waals surface area contributed by atoms with Gasteiger partial charge in [-0.15, -0.1) is 0 Å². The first kappa shape index (κ1) is 18.1. The van der Waals surface area contributed by atoms with Crippen molar-refractivity contribution >= 4 is 34.4 Å². The van der Waals surface area contributed by atoms with Gasteiger partial charge in [-0.25, -0.2) is 4.98 Å². The van der Waals surface area contributed by atoms with Crippen LogP contribution in [0.5, 0.6) is 0 Å². The number of carbonyl (C=O) groups is 1. The monoisotopic (exact) mass is 373 g/mol. The van der Waals surface area contributed by atoms with Crippen molar-refractivity contribution in [3.63, 3.8) is 0 Å². The number of likely N-dealkylation sites (N-methyl/N-ethyl adjacent to an activating group) is 1. The van der Waals surface area contributed by atoms with Crippen LogP contribution in [-0.4, -0.2) is 54.0 Å². The SMILES string of the molecule is CN1CCN(c2ccc(NC(=O)C=Cc3cnc4ccccc4n3)cc2)CC1. The molecule has 28 heavy (non-hydrogen) atoms. The van der Waals surface area contributed by atoms with Gasteiger partial charge in [0.25, 0.3) is 0 Å². The zero-order valence-electron chi connectivity index (χ0n) is 15.9. The number of rotatable bonds is 4. The summed E-state index contributed by atoms with van der Waals surface area (Å²) in [5.74, 6) is -0.192. The van der Waals surface area contributed by atoms with Gasteiger partial charge in [-0.3, -0.25) is 9.78 Å². The maximum absolute atomic E-state index is 12.2. The van der Waals surface area contributed by atoms with Gasteiger partial charge in [0, 0.05) is 43.6 Å². The fraction of sp³-hybridized carbons (Fsp3) is 0.227. The number of nitrogens with zero attached hydrogens (tertiary/aromatic N) is 4. The molecule has 1 aliphatic heterocycles. The van der Waals surface area contributed by atoms with Gasteiger partial charge in [-0.05, 0) is 49.5 Å². The zero-order valence-corrected chi connectivity index (χ0v) is 15.9. The number of carbonyl (C=O) groups excluding carboxylic acids is 1. The molecule has 2 heterocycles. The molecule has 6 heteroatoms. The Morgan fingerprint density at radius 3 is 2.46 bits per heavy atom. The molecule has 1 aliphatic rings. The third-order valence-electron chi connectivity index (χ3n) is 4.88. The fourth-order valence-corrected chi connectivity index (χ4v) is 3.22. The lowest BCUT2D eigenvalue weighted by atomic mass is 10.2. The Balaban J connectivity index is 1.37. The van der Waals surface area contributed by atoms with Gasteiger partial charge in [0.2, 0.25) is 5.91 Å². The van der Waals surface area contributed by atoms with E-state index in [0.717, 1.165) is 42.9 Å². The van der Waals surface area contributed by atoms with Gasteiger partial charge in [0.15, 0.2) is 0 Å². The minimum absolute atomic E-state index is 0.192. The van der Waals surface area contributed by atoms with E-state index in [1.165, 1.54) is 11.8 Å². The number of nitrogens with one attached hydrogen (secondary N) is 1. The topological polar surface area (TPSA) is 61.4 Å². The number of piperazine rings is 1. The van der Waals surface area contributed by atoms with E-state index < -0.39 is 0 Å². The van der Waals surface area contributed by atoms with E-state index in [1.54, 1.807) is 12.3 Å². The molecule has 0 radical (unpaired) electrons. The molecule has 2 aromatic carbocycles. The van der Waals surface area contributed by atoms with E-state index in [4.69, 9.17) is 0 Å². The van der Waals surface area contributed by atoms with Crippen LogP contribution in [-0.2, 0) is 4.79 Å². The van der Waals surface area contributed by atoms with Crippen LogP contribution in [0, 0.1) is 0 Å². The van der Waals surface area contributed by atoms with Crippen molar-refractivity contribution in [3.05, 3.63) is 66.5 Å². The summed E-state index contributed by atoms with van der Waals surface area (Å²) < 4.78 is 0. The zero-order chi connectivity index (χ0) is 19.3. The van der Waals surface area contributed by atoms with E-state index >= 15 is 0 Å². The molecular weight excluding hydrogens is 350 g/mol. The third-order valence-corrected chi connectivity index (χ3v) is 4.88. The van der Waals surface area contributed by atoms with Gasteiger partial charge < -0.3 is 15.1 Å². The van der Waals surface area contributed by atoms with E-state index in [-0.39, 0.29) is 5.91 Å². The summed E-state index contributed by atoms with van der Waals surface area (Å²) in [7, 11) is 2.15. The molecule has 1 saturated heterocycles. The van der Waals surface area contributed by atoms with Crippen molar-refractivity contribution < 1.29 is 4.79 Å². The lowest BCUT2D eigenvalue weighted by Gasteiger charge is -2.34. The molecule has 1 fully saturated rings. The fourth-order valence-electron chi connectivity index (χ4n) is 3.22. The third kappa shape index (κ3) is 4.35. The largest absolute Gasteiger partial charge is 0.369 e. The molecule has 0 bridgehead atoms. The number of anilines is 2. The summed E-state index contributed by atoms with van der Waals surface area (Å²) in [5.41, 5.74) is 4.26. The van der Waals surface area contributed by atoms with Gasteiger partial charge in [0.1, 0.15) is 0 Å². The molecule has 1 amide bonds. The number of hydrogen-bond acceptors (Lipinski definition) is 5. The molecule has 1 N–H and O–H groups in total. The summed E-state index contributed by atoms with van der Waals surface area (Å²) in [6, 6.07) is 15.7. The smallest absolute Gasteiger partial charge is 0.248 e. The van der Waals surface area contributed by atoms with Crippen LogP contribution in [0.3, 0.4) is 0 Å². The normalized spacial score (nSPS) is 15.2. The highest BCUT2D eigenvalue weighted by Gasteiger charge is 2.14. The molecule has 4 rings (SSSR count). The van der Waals surface area contributed by atoms with Crippen LogP contribution in [0.2, 0.25) is 0 Å². The minimum atomic E-state index is -0.192. The van der Waals surface area contributed by atoms with Crippen molar-refractivity contribution in [1.29, 1.82) is 0 Å². The van der Waals surface area contributed by atoms with Crippen molar-refractivity contribution in [2.75, 3.05) is 43.4 Å².